The number of carbonyl (C=O) groups is 2. The average molecular weight is 417 g/mol. The third kappa shape index (κ3) is 5.87. The number of halogens is 1. The van der Waals surface area contributed by atoms with E-state index < -0.39 is 0 Å². The molecule has 1 N–H and O–H groups in total. The Kier molecular flexibility index (Phi) is 7.17. The normalized spacial score (nSPS) is 16.3. The lowest BCUT2D eigenvalue weighted by atomic mass is 10.1. The van der Waals surface area contributed by atoms with Crippen LogP contribution >= 0.6 is 0 Å². The van der Waals surface area contributed by atoms with Crippen molar-refractivity contribution in [3.05, 3.63) is 47.5 Å². The summed E-state index contributed by atoms with van der Waals surface area (Å²) in [5.74, 6) is 0.597. The van der Waals surface area contributed by atoms with E-state index in [-0.39, 0.29) is 30.2 Å². The molecule has 0 saturated carbocycles. The molecule has 2 aromatic rings. The average Bonchev–Trinajstić information content (AvgIpc) is 3.11. The number of aryl methyl sites for hydroxylation is 1. The maximum atomic E-state index is 13.4. The number of aromatic nitrogens is 1. The lowest BCUT2D eigenvalue weighted by Gasteiger charge is -2.38. The van der Waals surface area contributed by atoms with Gasteiger partial charge in [0.25, 0.3) is 0 Å². The Morgan fingerprint density at radius 3 is 2.63 bits per heavy atom. The van der Waals surface area contributed by atoms with Crippen LogP contribution in [0.4, 0.5) is 10.2 Å². The molecule has 0 spiro atoms. The van der Waals surface area contributed by atoms with Crippen LogP contribution in [-0.2, 0) is 16.1 Å². The molecule has 0 aliphatic carbocycles. The fourth-order valence-corrected chi connectivity index (χ4v) is 3.58. The summed E-state index contributed by atoms with van der Waals surface area (Å²) in [7, 11) is 1.73. The minimum absolute atomic E-state index is 0.00754. The molecule has 0 radical (unpaired) electrons. The van der Waals surface area contributed by atoms with Crippen molar-refractivity contribution in [3.8, 4) is 0 Å². The number of hydrogen-bond acceptors (Lipinski definition) is 6. The van der Waals surface area contributed by atoms with Gasteiger partial charge in [-0.15, -0.1) is 0 Å². The van der Waals surface area contributed by atoms with Crippen LogP contribution in [0.3, 0.4) is 0 Å². The first-order valence-corrected chi connectivity index (χ1v) is 10.0. The quantitative estimate of drug-likeness (QED) is 0.739. The molecule has 1 atom stereocenters. The highest BCUT2D eigenvalue weighted by Gasteiger charge is 2.28. The van der Waals surface area contributed by atoms with Crippen molar-refractivity contribution in [2.75, 3.05) is 45.1 Å². The molecule has 1 saturated heterocycles. The first-order valence-electron chi connectivity index (χ1n) is 10.0. The van der Waals surface area contributed by atoms with Crippen LogP contribution in [0.25, 0.3) is 0 Å². The van der Waals surface area contributed by atoms with Crippen molar-refractivity contribution < 1.29 is 18.5 Å². The molecule has 2 heterocycles. The predicted octanol–water partition coefficient (Wildman–Crippen LogP) is 1.73. The molecule has 1 fully saturated rings. The van der Waals surface area contributed by atoms with Crippen LogP contribution in [0, 0.1) is 12.7 Å². The standard InChI is InChI=1S/C21H28FN5O3/c1-15-11-19(24-30-15)23-20(28)14-26-7-9-27(10-8-26)16(2)21(29)25(3)13-17-5-4-6-18(22)12-17/h4-6,11-12,16H,7-10,13-14H2,1-3H3,(H,23,24,28). The van der Waals surface area contributed by atoms with Gasteiger partial charge in [0.05, 0.1) is 12.6 Å². The van der Waals surface area contributed by atoms with E-state index in [1.165, 1.54) is 12.1 Å². The zero-order valence-electron chi connectivity index (χ0n) is 17.6. The van der Waals surface area contributed by atoms with Crippen LogP contribution < -0.4 is 5.32 Å². The molecule has 1 aliphatic heterocycles. The first kappa shape index (κ1) is 21.9. The number of carbonyl (C=O) groups excluding carboxylic acids is 2. The second kappa shape index (κ2) is 9.82. The van der Waals surface area contributed by atoms with Crippen molar-refractivity contribution in [2.45, 2.75) is 26.4 Å². The minimum Gasteiger partial charge on any atom is -0.360 e. The van der Waals surface area contributed by atoms with Gasteiger partial charge in [-0.25, -0.2) is 4.39 Å². The highest BCUT2D eigenvalue weighted by Crippen LogP contribution is 2.12. The number of amides is 2. The van der Waals surface area contributed by atoms with Gasteiger partial charge in [0, 0.05) is 45.8 Å². The van der Waals surface area contributed by atoms with Gasteiger partial charge in [-0.05, 0) is 31.5 Å². The number of nitrogens with one attached hydrogen (secondary N) is 1. The Morgan fingerprint density at radius 2 is 2.00 bits per heavy atom. The second-order valence-corrected chi connectivity index (χ2v) is 7.68. The first-order chi connectivity index (χ1) is 14.3. The van der Waals surface area contributed by atoms with E-state index in [1.807, 2.05) is 17.9 Å². The molecule has 2 amide bonds. The van der Waals surface area contributed by atoms with Gasteiger partial charge < -0.3 is 14.7 Å². The molecule has 1 aromatic heterocycles. The van der Waals surface area contributed by atoms with E-state index in [2.05, 4.69) is 15.4 Å². The highest BCUT2D eigenvalue weighted by molar-refractivity contribution is 5.91. The number of piperazine rings is 1. The summed E-state index contributed by atoms with van der Waals surface area (Å²) < 4.78 is 18.3. The number of rotatable bonds is 7. The van der Waals surface area contributed by atoms with Crippen LogP contribution in [-0.4, -0.2) is 77.5 Å². The lowest BCUT2D eigenvalue weighted by Crippen LogP contribution is -2.54. The number of nitrogens with zero attached hydrogens (tertiary/aromatic N) is 4. The largest absolute Gasteiger partial charge is 0.360 e. The second-order valence-electron chi connectivity index (χ2n) is 7.68. The van der Waals surface area contributed by atoms with Crippen molar-refractivity contribution in [2.24, 2.45) is 0 Å². The fourth-order valence-electron chi connectivity index (χ4n) is 3.58. The monoisotopic (exact) mass is 417 g/mol. The Labute approximate surface area is 175 Å². The maximum absolute atomic E-state index is 13.4. The molecule has 0 bridgehead atoms. The molecule has 1 aromatic carbocycles. The van der Waals surface area contributed by atoms with E-state index in [1.54, 1.807) is 31.0 Å². The van der Waals surface area contributed by atoms with Gasteiger partial charge in [-0.1, -0.05) is 17.3 Å². The number of anilines is 1. The third-order valence-corrected chi connectivity index (χ3v) is 5.26. The summed E-state index contributed by atoms with van der Waals surface area (Å²) in [6.07, 6.45) is 0. The van der Waals surface area contributed by atoms with E-state index in [0.29, 0.717) is 44.3 Å². The van der Waals surface area contributed by atoms with Crippen LogP contribution in [0.2, 0.25) is 0 Å². The molecule has 3 rings (SSSR count). The van der Waals surface area contributed by atoms with Crippen molar-refractivity contribution in [3.63, 3.8) is 0 Å². The van der Waals surface area contributed by atoms with E-state index in [9.17, 15) is 14.0 Å². The number of likely N-dealkylation sites (N-methyl/N-ethyl adjacent to an activating group) is 1. The van der Waals surface area contributed by atoms with Gasteiger partial charge in [0.15, 0.2) is 5.82 Å². The minimum atomic E-state index is -0.305. The van der Waals surface area contributed by atoms with Crippen molar-refractivity contribution >= 4 is 17.6 Å². The van der Waals surface area contributed by atoms with Gasteiger partial charge in [0.1, 0.15) is 11.6 Å². The zero-order chi connectivity index (χ0) is 21.7. The number of hydrogen-bond donors (Lipinski definition) is 1. The number of benzene rings is 1. The molecule has 1 aliphatic rings. The maximum Gasteiger partial charge on any atom is 0.239 e. The van der Waals surface area contributed by atoms with E-state index in [0.717, 1.165) is 5.56 Å². The molecule has 8 nitrogen and oxygen atoms in total. The predicted molar refractivity (Wildman–Crippen MR) is 110 cm³/mol. The van der Waals surface area contributed by atoms with Gasteiger partial charge in [-0.3, -0.25) is 19.4 Å². The van der Waals surface area contributed by atoms with Gasteiger partial charge in [0.2, 0.25) is 11.8 Å². The lowest BCUT2D eigenvalue weighted by molar-refractivity contribution is -0.136. The van der Waals surface area contributed by atoms with Gasteiger partial charge >= 0.3 is 0 Å². The highest BCUT2D eigenvalue weighted by atomic mass is 19.1. The molecule has 162 valence electrons. The Morgan fingerprint density at radius 1 is 1.27 bits per heavy atom. The van der Waals surface area contributed by atoms with E-state index in [4.69, 9.17) is 4.52 Å². The summed E-state index contributed by atoms with van der Waals surface area (Å²) in [4.78, 5) is 30.7. The summed E-state index contributed by atoms with van der Waals surface area (Å²) in [6.45, 7) is 7.05. The summed E-state index contributed by atoms with van der Waals surface area (Å²) >= 11 is 0. The Bertz CT molecular complexity index is 879. The van der Waals surface area contributed by atoms with Gasteiger partial charge in [-0.2, -0.15) is 0 Å². The topological polar surface area (TPSA) is 81.9 Å². The Hall–Kier alpha value is -2.78. The summed E-state index contributed by atoms with van der Waals surface area (Å²) in [5, 5.41) is 6.48. The van der Waals surface area contributed by atoms with Crippen molar-refractivity contribution in [1.29, 1.82) is 0 Å². The molecule has 9 heteroatoms. The molecular weight excluding hydrogens is 389 g/mol. The smallest absolute Gasteiger partial charge is 0.239 e. The zero-order valence-corrected chi connectivity index (χ0v) is 17.6. The van der Waals surface area contributed by atoms with Crippen LogP contribution in [0.15, 0.2) is 34.9 Å². The SMILES string of the molecule is Cc1cc(NC(=O)CN2CCN(C(C)C(=O)N(C)Cc3cccc(F)c3)CC2)no1. The van der Waals surface area contributed by atoms with E-state index >= 15 is 0 Å². The summed E-state index contributed by atoms with van der Waals surface area (Å²) in [5.41, 5.74) is 0.760. The van der Waals surface area contributed by atoms with Crippen molar-refractivity contribution in [1.82, 2.24) is 19.9 Å². The molecule has 30 heavy (non-hydrogen) atoms. The Balaban J connectivity index is 1.44. The third-order valence-electron chi connectivity index (χ3n) is 5.26. The molecule has 1 unspecified atom stereocenters. The summed E-state index contributed by atoms with van der Waals surface area (Å²) in [6, 6.07) is 7.67. The van der Waals surface area contributed by atoms with Crippen LogP contribution in [0.5, 0.6) is 0 Å². The van der Waals surface area contributed by atoms with Crippen LogP contribution in [0.1, 0.15) is 18.2 Å². The fraction of sp³-hybridized carbons (Fsp3) is 0.476. The molecular formula is C21H28FN5O3.